The van der Waals surface area contributed by atoms with Crippen LogP contribution in [0.15, 0.2) is 22.6 Å². The fourth-order valence-corrected chi connectivity index (χ4v) is 1.98. The Morgan fingerprint density at radius 2 is 2.17 bits per heavy atom. The summed E-state index contributed by atoms with van der Waals surface area (Å²) in [5, 5.41) is 19.7. The number of hydrogen-bond acceptors (Lipinski definition) is 5. The number of aliphatic hydroxyl groups is 1. The van der Waals surface area contributed by atoms with E-state index in [4.69, 9.17) is 9.15 Å². The fraction of sp³-hybridized carbons (Fsp3) is 0.308. The summed E-state index contributed by atoms with van der Waals surface area (Å²) in [6.07, 6.45) is 0. The second-order valence-electron chi connectivity index (χ2n) is 4.52. The van der Waals surface area contributed by atoms with Gasteiger partial charge in [0.1, 0.15) is 17.1 Å². The first kappa shape index (κ1) is 11.3. The summed E-state index contributed by atoms with van der Waals surface area (Å²) in [5.74, 6) is 0.197. The lowest BCUT2D eigenvalue weighted by atomic mass is 10.1. The Kier molecular flexibility index (Phi) is 2.23. The highest BCUT2D eigenvalue weighted by Gasteiger charge is 2.49. The quantitative estimate of drug-likeness (QED) is 0.636. The number of fused-ring (bicyclic) bond motifs is 1. The molecule has 3 rings (SSSR count). The third-order valence-corrected chi connectivity index (χ3v) is 3.21. The van der Waals surface area contributed by atoms with Crippen LogP contribution in [-0.2, 0) is 10.3 Å². The number of rotatable bonds is 3. The van der Waals surface area contributed by atoms with Crippen LogP contribution >= 0.6 is 0 Å². The van der Waals surface area contributed by atoms with Crippen LogP contribution in [0, 0.1) is 0 Å². The van der Waals surface area contributed by atoms with E-state index in [1.54, 1.807) is 12.1 Å². The van der Waals surface area contributed by atoms with E-state index >= 15 is 0 Å². The van der Waals surface area contributed by atoms with Gasteiger partial charge < -0.3 is 19.4 Å². The number of benzene rings is 1. The lowest BCUT2D eigenvalue weighted by molar-refractivity contribution is 0.101. The second-order valence-corrected chi connectivity index (χ2v) is 4.52. The minimum absolute atomic E-state index is 0.106. The Balaban J connectivity index is 2.15. The van der Waals surface area contributed by atoms with Crippen LogP contribution in [0.3, 0.4) is 0 Å². The van der Waals surface area contributed by atoms with Crippen molar-refractivity contribution in [2.24, 2.45) is 0 Å². The van der Waals surface area contributed by atoms with Crippen molar-refractivity contribution in [1.29, 1.82) is 0 Å². The molecule has 1 fully saturated rings. The number of carbonyl (C=O) groups excluding carboxylic acids is 1. The van der Waals surface area contributed by atoms with Gasteiger partial charge in [-0.3, -0.25) is 4.79 Å². The van der Waals surface area contributed by atoms with Gasteiger partial charge in [-0.05, 0) is 19.1 Å². The molecule has 5 nitrogen and oxygen atoms in total. The van der Waals surface area contributed by atoms with Gasteiger partial charge in [-0.1, -0.05) is 0 Å². The van der Waals surface area contributed by atoms with Crippen molar-refractivity contribution >= 4 is 16.8 Å². The molecule has 18 heavy (non-hydrogen) atoms. The summed E-state index contributed by atoms with van der Waals surface area (Å²) >= 11 is 0. The molecule has 0 bridgehead atoms. The zero-order valence-corrected chi connectivity index (χ0v) is 9.77. The summed E-state index contributed by atoms with van der Waals surface area (Å²) in [5.41, 5.74) is -0.0224. The number of hydrogen-bond donors (Lipinski definition) is 2. The summed E-state index contributed by atoms with van der Waals surface area (Å²) in [4.78, 5) is 11.3. The molecule has 0 saturated carbocycles. The predicted molar refractivity (Wildman–Crippen MR) is 62.6 cm³/mol. The van der Waals surface area contributed by atoms with E-state index in [0.717, 1.165) is 0 Å². The third-order valence-electron chi connectivity index (χ3n) is 3.21. The Labute approximate surface area is 103 Å². The number of aromatic hydroxyl groups is 1. The minimum Gasteiger partial charge on any atom is -0.507 e. The standard InChI is InChI=1S/C13H12O5/c1-7(15)9-2-8-3-12(13(5-14)6-17-13)18-11(8)4-10(9)16/h2-4,14,16H,5-6H2,1H3. The molecule has 1 atom stereocenters. The predicted octanol–water partition coefficient (Wildman–Crippen LogP) is 1.56. The van der Waals surface area contributed by atoms with Gasteiger partial charge in [0.15, 0.2) is 11.4 Å². The van der Waals surface area contributed by atoms with Gasteiger partial charge in [0.2, 0.25) is 0 Å². The highest BCUT2D eigenvalue weighted by Crippen LogP contribution is 2.41. The molecular formula is C13H12O5. The highest BCUT2D eigenvalue weighted by atomic mass is 16.6. The van der Waals surface area contributed by atoms with E-state index in [0.29, 0.717) is 23.3 Å². The van der Waals surface area contributed by atoms with Crippen LogP contribution in [0.4, 0.5) is 0 Å². The number of epoxide rings is 1. The SMILES string of the molecule is CC(=O)c1cc2cc(C3(CO)CO3)oc2cc1O. The van der Waals surface area contributed by atoms with Crippen LogP contribution < -0.4 is 0 Å². The molecule has 1 aromatic heterocycles. The maximum atomic E-state index is 11.3. The van der Waals surface area contributed by atoms with Gasteiger partial charge in [-0.25, -0.2) is 0 Å². The van der Waals surface area contributed by atoms with Crippen molar-refractivity contribution in [2.45, 2.75) is 12.5 Å². The van der Waals surface area contributed by atoms with E-state index in [2.05, 4.69) is 0 Å². The normalized spacial score (nSPS) is 22.3. The number of Topliss-reactive ketones (excluding diaryl/α,β-unsaturated/α-hetero) is 1. The average Bonchev–Trinajstić information content (AvgIpc) is 3.02. The molecule has 1 unspecified atom stereocenters. The summed E-state index contributed by atoms with van der Waals surface area (Å²) in [6.45, 7) is 1.65. The largest absolute Gasteiger partial charge is 0.507 e. The smallest absolute Gasteiger partial charge is 0.172 e. The molecule has 94 valence electrons. The van der Waals surface area contributed by atoms with Gasteiger partial charge in [-0.15, -0.1) is 0 Å². The Hall–Kier alpha value is -1.85. The van der Waals surface area contributed by atoms with E-state index in [-0.39, 0.29) is 23.7 Å². The van der Waals surface area contributed by atoms with Crippen molar-refractivity contribution in [3.63, 3.8) is 0 Å². The molecule has 1 aliphatic heterocycles. The van der Waals surface area contributed by atoms with Crippen molar-refractivity contribution in [1.82, 2.24) is 0 Å². The monoisotopic (exact) mass is 248 g/mol. The van der Waals surface area contributed by atoms with Crippen molar-refractivity contribution in [3.05, 3.63) is 29.5 Å². The Morgan fingerprint density at radius 3 is 2.72 bits per heavy atom. The zero-order valence-electron chi connectivity index (χ0n) is 9.77. The van der Waals surface area contributed by atoms with Crippen LogP contribution in [0.25, 0.3) is 11.0 Å². The fourth-order valence-electron chi connectivity index (χ4n) is 1.98. The van der Waals surface area contributed by atoms with E-state index < -0.39 is 5.60 Å². The number of carbonyl (C=O) groups is 1. The maximum absolute atomic E-state index is 11.3. The molecule has 0 radical (unpaired) electrons. The maximum Gasteiger partial charge on any atom is 0.172 e. The number of aliphatic hydroxyl groups excluding tert-OH is 1. The average molecular weight is 248 g/mol. The van der Waals surface area contributed by atoms with Crippen LogP contribution in [0.2, 0.25) is 0 Å². The minimum atomic E-state index is -0.745. The van der Waals surface area contributed by atoms with Gasteiger partial charge in [-0.2, -0.15) is 0 Å². The van der Waals surface area contributed by atoms with E-state index in [1.165, 1.54) is 13.0 Å². The zero-order chi connectivity index (χ0) is 12.9. The molecule has 0 spiro atoms. The lowest BCUT2D eigenvalue weighted by Crippen LogP contribution is -2.12. The number of phenolic OH excluding ortho intramolecular Hbond substituents is 1. The van der Waals surface area contributed by atoms with Crippen LogP contribution in [0.5, 0.6) is 5.75 Å². The van der Waals surface area contributed by atoms with Crippen molar-refractivity contribution < 1.29 is 24.2 Å². The number of ether oxygens (including phenoxy) is 1. The first-order chi connectivity index (χ1) is 8.55. The van der Waals surface area contributed by atoms with Gasteiger partial charge in [0.05, 0.1) is 18.8 Å². The number of furan rings is 1. The molecule has 2 heterocycles. The molecule has 0 aliphatic carbocycles. The second kappa shape index (κ2) is 3.57. The number of ketones is 1. The summed E-state index contributed by atoms with van der Waals surface area (Å²) in [7, 11) is 0. The lowest BCUT2D eigenvalue weighted by Gasteiger charge is -2.02. The molecule has 0 amide bonds. The molecule has 1 saturated heterocycles. The van der Waals surface area contributed by atoms with Crippen LogP contribution in [-0.4, -0.2) is 29.2 Å². The third kappa shape index (κ3) is 1.52. The van der Waals surface area contributed by atoms with E-state index in [1.807, 2.05) is 0 Å². The molecule has 5 heteroatoms. The van der Waals surface area contributed by atoms with Gasteiger partial charge in [0.25, 0.3) is 0 Å². The highest BCUT2D eigenvalue weighted by molar-refractivity contribution is 6.00. The molecule has 1 aliphatic rings. The summed E-state index contributed by atoms with van der Waals surface area (Å²) in [6, 6.07) is 4.71. The van der Waals surface area contributed by atoms with Gasteiger partial charge in [0, 0.05) is 11.5 Å². The Morgan fingerprint density at radius 1 is 1.44 bits per heavy atom. The first-order valence-corrected chi connectivity index (χ1v) is 5.58. The van der Waals surface area contributed by atoms with Crippen molar-refractivity contribution in [2.75, 3.05) is 13.2 Å². The molecular weight excluding hydrogens is 236 g/mol. The van der Waals surface area contributed by atoms with Crippen molar-refractivity contribution in [3.8, 4) is 5.75 Å². The van der Waals surface area contributed by atoms with Crippen LogP contribution in [0.1, 0.15) is 23.0 Å². The van der Waals surface area contributed by atoms with Gasteiger partial charge >= 0.3 is 0 Å². The Bertz CT molecular complexity index is 636. The molecule has 2 aromatic rings. The summed E-state index contributed by atoms with van der Waals surface area (Å²) < 4.78 is 10.7. The number of phenols is 1. The first-order valence-electron chi connectivity index (χ1n) is 5.58. The molecule has 2 N–H and O–H groups in total. The topological polar surface area (TPSA) is 83.2 Å². The molecule has 1 aromatic carbocycles. The van der Waals surface area contributed by atoms with E-state index in [9.17, 15) is 15.0 Å².